The first kappa shape index (κ1) is 14.5. The number of ether oxygens (including phenoxy) is 2. The molecule has 0 bridgehead atoms. The van der Waals surface area contributed by atoms with Gasteiger partial charge in [0, 0.05) is 13.0 Å². The van der Waals surface area contributed by atoms with E-state index in [0.717, 1.165) is 18.8 Å². The van der Waals surface area contributed by atoms with E-state index in [9.17, 15) is 4.79 Å². The summed E-state index contributed by atoms with van der Waals surface area (Å²) in [6.07, 6.45) is 1.07. The fourth-order valence-electron chi connectivity index (χ4n) is 1.52. The average molecular weight is 251 g/mol. The van der Waals surface area contributed by atoms with E-state index in [1.54, 1.807) is 0 Å². The third kappa shape index (κ3) is 5.68. The zero-order chi connectivity index (χ0) is 13.2. The number of carbonyl (C=O) groups excluding carboxylic acids is 1. The quantitative estimate of drug-likeness (QED) is 0.568. The van der Waals surface area contributed by atoms with Crippen molar-refractivity contribution in [3.05, 3.63) is 29.8 Å². The lowest BCUT2D eigenvalue weighted by Gasteiger charge is -2.08. The van der Waals surface area contributed by atoms with Crippen molar-refractivity contribution in [2.75, 3.05) is 20.3 Å². The van der Waals surface area contributed by atoms with E-state index in [4.69, 9.17) is 4.74 Å². The summed E-state index contributed by atoms with van der Waals surface area (Å²) in [7, 11) is 1.40. The molecule has 1 aromatic rings. The second-order valence-electron chi connectivity index (χ2n) is 3.96. The van der Waals surface area contributed by atoms with E-state index in [0.29, 0.717) is 19.4 Å². The van der Waals surface area contributed by atoms with Crippen LogP contribution in [0.5, 0.6) is 5.75 Å². The Bertz CT molecular complexity index is 366. The van der Waals surface area contributed by atoms with Crippen molar-refractivity contribution < 1.29 is 14.3 Å². The van der Waals surface area contributed by atoms with Crippen molar-refractivity contribution in [2.24, 2.45) is 0 Å². The lowest BCUT2D eigenvalue weighted by atomic mass is 10.2. The van der Waals surface area contributed by atoms with Crippen LogP contribution in [0.25, 0.3) is 0 Å². The predicted molar refractivity (Wildman–Crippen MR) is 70.6 cm³/mol. The van der Waals surface area contributed by atoms with Crippen LogP contribution in [0.1, 0.15) is 25.3 Å². The summed E-state index contributed by atoms with van der Waals surface area (Å²) in [5.41, 5.74) is 1.20. The molecule has 0 saturated carbocycles. The molecule has 4 nitrogen and oxygen atoms in total. The van der Waals surface area contributed by atoms with Gasteiger partial charge in [-0.1, -0.05) is 19.1 Å². The molecule has 0 saturated heterocycles. The normalized spacial score (nSPS) is 10.1. The molecule has 0 spiro atoms. The Balaban J connectivity index is 2.31. The van der Waals surface area contributed by atoms with E-state index >= 15 is 0 Å². The third-order valence-corrected chi connectivity index (χ3v) is 2.50. The second kappa shape index (κ2) is 8.53. The average Bonchev–Trinajstić information content (AvgIpc) is 2.41. The van der Waals surface area contributed by atoms with Crippen LogP contribution >= 0.6 is 0 Å². The molecule has 0 aromatic heterocycles. The molecule has 1 aromatic carbocycles. The SMILES string of the molecule is CCNCc1cccc(OCCCC(=O)OC)c1. The molecule has 0 radical (unpaired) electrons. The minimum absolute atomic E-state index is 0.195. The monoisotopic (exact) mass is 251 g/mol. The van der Waals surface area contributed by atoms with Crippen LogP contribution in [0, 0.1) is 0 Å². The molecule has 0 heterocycles. The number of hydrogen-bond acceptors (Lipinski definition) is 4. The zero-order valence-electron chi connectivity index (χ0n) is 11.1. The van der Waals surface area contributed by atoms with Crippen molar-refractivity contribution in [1.82, 2.24) is 5.32 Å². The fraction of sp³-hybridized carbons (Fsp3) is 0.500. The maximum absolute atomic E-state index is 10.9. The first-order valence-electron chi connectivity index (χ1n) is 6.25. The maximum Gasteiger partial charge on any atom is 0.305 e. The summed E-state index contributed by atoms with van der Waals surface area (Å²) >= 11 is 0. The van der Waals surface area contributed by atoms with Crippen molar-refractivity contribution >= 4 is 5.97 Å². The smallest absolute Gasteiger partial charge is 0.305 e. The number of methoxy groups -OCH3 is 1. The largest absolute Gasteiger partial charge is 0.494 e. The molecule has 0 aliphatic rings. The van der Waals surface area contributed by atoms with E-state index < -0.39 is 0 Å². The van der Waals surface area contributed by atoms with Crippen molar-refractivity contribution in [3.63, 3.8) is 0 Å². The Kier molecular flexibility index (Phi) is 6.87. The summed E-state index contributed by atoms with van der Waals surface area (Å²) in [6, 6.07) is 7.97. The van der Waals surface area contributed by atoms with Gasteiger partial charge in [0.2, 0.25) is 0 Å². The second-order valence-corrected chi connectivity index (χ2v) is 3.96. The van der Waals surface area contributed by atoms with Crippen LogP contribution in [0.4, 0.5) is 0 Å². The molecule has 0 atom stereocenters. The number of carbonyl (C=O) groups is 1. The predicted octanol–water partition coefficient (Wildman–Crippen LogP) is 2.13. The Hall–Kier alpha value is -1.55. The number of hydrogen-bond donors (Lipinski definition) is 1. The number of rotatable bonds is 8. The summed E-state index contributed by atoms with van der Waals surface area (Å²) in [4.78, 5) is 10.9. The van der Waals surface area contributed by atoms with Crippen LogP contribution in [0.3, 0.4) is 0 Å². The topological polar surface area (TPSA) is 47.6 Å². The van der Waals surface area contributed by atoms with Gasteiger partial charge in [-0.05, 0) is 30.7 Å². The molecule has 0 aliphatic carbocycles. The van der Waals surface area contributed by atoms with Gasteiger partial charge in [0.15, 0.2) is 0 Å². The van der Waals surface area contributed by atoms with Crippen molar-refractivity contribution in [3.8, 4) is 5.75 Å². The first-order chi connectivity index (χ1) is 8.76. The Morgan fingerprint density at radius 2 is 2.22 bits per heavy atom. The van der Waals surface area contributed by atoms with Crippen LogP contribution in [0.15, 0.2) is 24.3 Å². The molecule has 18 heavy (non-hydrogen) atoms. The number of nitrogens with one attached hydrogen (secondary N) is 1. The lowest BCUT2D eigenvalue weighted by molar-refractivity contribution is -0.140. The molecule has 1 N–H and O–H groups in total. The van der Waals surface area contributed by atoms with Crippen molar-refractivity contribution in [2.45, 2.75) is 26.3 Å². The van der Waals surface area contributed by atoms with Gasteiger partial charge in [-0.3, -0.25) is 4.79 Å². The molecular weight excluding hydrogens is 230 g/mol. The Morgan fingerprint density at radius 3 is 2.94 bits per heavy atom. The van der Waals surface area contributed by atoms with Gasteiger partial charge in [0.25, 0.3) is 0 Å². The highest BCUT2D eigenvalue weighted by Gasteiger charge is 2.01. The van der Waals surface area contributed by atoms with Gasteiger partial charge >= 0.3 is 5.97 Å². The molecule has 0 unspecified atom stereocenters. The number of esters is 1. The molecular formula is C14H21NO3. The molecule has 1 rings (SSSR count). The minimum Gasteiger partial charge on any atom is -0.494 e. The Labute approximate surface area is 108 Å². The van der Waals surface area contributed by atoms with Crippen LogP contribution in [-0.4, -0.2) is 26.2 Å². The van der Waals surface area contributed by atoms with Gasteiger partial charge in [0.05, 0.1) is 13.7 Å². The van der Waals surface area contributed by atoms with Gasteiger partial charge < -0.3 is 14.8 Å². The van der Waals surface area contributed by atoms with Gasteiger partial charge in [-0.2, -0.15) is 0 Å². The highest BCUT2D eigenvalue weighted by atomic mass is 16.5. The summed E-state index contributed by atoms with van der Waals surface area (Å²) in [5, 5.41) is 3.26. The maximum atomic E-state index is 10.9. The van der Waals surface area contributed by atoms with Crippen LogP contribution in [-0.2, 0) is 16.1 Å². The van der Waals surface area contributed by atoms with Gasteiger partial charge in [-0.25, -0.2) is 0 Å². The summed E-state index contributed by atoms with van der Waals surface area (Å²) < 4.78 is 10.1. The summed E-state index contributed by atoms with van der Waals surface area (Å²) in [5.74, 6) is 0.648. The minimum atomic E-state index is -0.195. The van der Waals surface area contributed by atoms with Crippen LogP contribution in [0.2, 0.25) is 0 Å². The first-order valence-corrected chi connectivity index (χ1v) is 6.25. The molecule has 0 aliphatic heterocycles. The highest BCUT2D eigenvalue weighted by Crippen LogP contribution is 2.13. The molecule has 0 amide bonds. The Morgan fingerprint density at radius 1 is 1.39 bits per heavy atom. The van der Waals surface area contributed by atoms with Gasteiger partial charge in [-0.15, -0.1) is 0 Å². The van der Waals surface area contributed by atoms with E-state index in [2.05, 4.69) is 23.0 Å². The highest BCUT2D eigenvalue weighted by molar-refractivity contribution is 5.69. The molecule has 4 heteroatoms. The van der Waals surface area contributed by atoms with Crippen molar-refractivity contribution in [1.29, 1.82) is 0 Å². The lowest BCUT2D eigenvalue weighted by Crippen LogP contribution is -2.11. The van der Waals surface area contributed by atoms with Gasteiger partial charge in [0.1, 0.15) is 5.75 Å². The van der Waals surface area contributed by atoms with E-state index in [1.165, 1.54) is 12.7 Å². The standard InChI is InChI=1S/C14H21NO3/c1-3-15-11-12-6-4-7-13(10-12)18-9-5-8-14(16)17-2/h4,6-7,10,15H,3,5,8-9,11H2,1-2H3. The van der Waals surface area contributed by atoms with E-state index in [1.807, 2.05) is 18.2 Å². The zero-order valence-corrected chi connectivity index (χ0v) is 11.1. The fourth-order valence-corrected chi connectivity index (χ4v) is 1.52. The third-order valence-electron chi connectivity index (χ3n) is 2.50. The number of benzene rings is 1. The van der Waals surface area contributed by atoms with E-state index in [-0.39, 0.29) is 5.97 Å². The van der Waals surface area contributed by atoms with Crippen LogP contribution < -0.4 is 10.1 Å². The molecule has 0 fully saturated rings. The molecule has 100 valence electrons. The summed E-state index contributed by atoms with van der Waals surface area (Å²) in [6.45, 7) is 4.40.